The molecule has 3 aromatic carbocycles. The summed E-state index contributed by atoms with van der Waals surface area (Å²) in [6, 6.07) is 21.0. The van der Waals surface area contributed by atoms with Crippen molar-refractivity contribution in [1.29, 1.82) is 0 Å². The number of methoxy groups -OCH3 is 1. The van der Waals surface area contributed by atoms with Gasteiger partial charge in [0, 0.05) is 16.1 Å². The lowest BCUT2D eigenvalue weighted by molar-refractivity contribution is 0.0683. The number of rotatable bonds is 6. The molecule has 0 atom stereocenters. The molecule has 30 heavy (non-hydrogen) atoms. The zero-order valence-corrected chi connectivity index (χ0v) is 16.9. The Morgan fingerprint density at radius 1 is 0.933 bits per heavy atom. The van der Waals surface area contributed by atoms with Gasteiger partial charge in [-0.05, 0) is 48.5 Å². The summed E-state index contributed by atoms with van der Waals surface area (Å²) in [4.78, 5) is 39.5. The highest BCUT2D eigenvalue weighted by Crippen LogP contribution is 2.28. The molecule has 0 aliphatic carbocycles. The molecule has 3 amide bonds. The minimum absolute atomic E-state index is 0.194. The van der Waals surface area contributed by atoms with E-state index in [2.05, 4.69) is 5.32 Å². The van der Waals surface area contributed by atoms with E-state index in [4.69, 9.17) is 4.74 Å². The smallest absolute Gasteiger partial charge is 0.262 e. The minimum atomic E-state index is -0.286. The third kappa shape index (κ3) is 3.92. The topological polar surface area (TPSA) is 75.7 Å². The van der Waals surface area contributed by atoms with E-state index < -0.39 is 0 Å². The molecular weight excluding hydrogens is 400 g/mol. The molecule has 0 aromatic heterocycles. The van der Waals surface area contributed by atoms with Gasteiger partial charge in [-0.2, -0.15) is 0 Å². The van der Waals surface area contributed by atoms with Gasteiger partial charge in [-0.3, -0.25) is 19.3 Å². The fourth-order valence-electron chi connectivity index (χ4n) is 3.13. The van der Waals surface area contributed by atoms with Gasteiger partial charge in [0.05, 0.1) is 24.1 Å². The molecule has 0 bridgehead atoms. The van der Waals surface area contributed by atoms with Crippen LogP contribution in [0.3, 0.4) is 0 Å². The van der Waals surface area contributed by atoms with Crippen LogP contribution in [0.5, 0.6) is 5.75 Å². The van der Waals surface area contributed by atoms with Crippen LogP contribution in [0.4, 0.5) is 5.69 Å². The second kappa shape index (κ2) is 8.42. The number of nitrogens with one attached hydrogen (secondary N) is 1. The lowest BCUT2D eigenvalue weighted by Crippen LogP contribution is -2.29. The van der Waals surface area contributed by atoms with Crippen molar-refractivity contribution in [2.45, 2.75) is 4.90 Å². The van der Waals surface area contributed by atoms with Crippen molar-refractivity contribution in [3.8, 4) is 5.75 Å². The van der Waals surface area contributed by atoms with Gasteiger partial charge in [0.1, 0.15) is 5.75 Å². The normalized spacial score (nSPS) is 12.6. The van der Waals surface area contributed by atoms with Crippen LogP contribution in [0.25, 0.3) is 0 Å². The highest BCUT2D eigenvalue weighted by Gasteiger charge is 2.34. The van der Waals surface area contributed by atoms with Gasteiger partial charge in [-0.1, -0.05) is 24.3 Å². The van der Waals surface area contributed by atoms with Gasteiger partial charge in [0.25, 0.3) is 17.7 Å². The summed E-state index contributed by atoms with van der Waals surface area (Å²) in [5.74, 6) is -0.0277. The van der Waals surface area contributed by atoms with Gasteiger partial charge >= 0.3 is 0 Å². The van der Waals surface area contributed by atoms with Crippen molar-refractivity contribution in [2.24, 2.45) is 0 Å². The van der Waals surface area contributed by atoms with Crippen molar-refractivity contribution >= 4 is 35.2 Å². The molecular formula is C23H18N2O4S. The highest BCUT2D eigenvalue weighted by molar-refractivity contribution is 7.99. The lowest BCUT2D eigenvalue weighted by Gasteiger charge is -2.14. The van der Waals surface area contributed by atoms with Gasteiger partial charge in [0.2, 0.25) is 0 Å². The SMILES string of the molecule is COc1cccc(C(=O)Nc2cccc(SCN3C(=O)c4ccccc4C3=O)c2)c1. The molecule has 4 rings (SSSR count). The number of fused-ring (bicyclic) bond motifs is 1. The Hall–Kier alpha value is -3.58. The van der Waals surface area contributed by atoms with Crippen molar-refractivity contribution in [3.05, 3.63) is 89.5 Å². The maximum absolute atomic E-state index is 12.5. The third-order valence-electron chi connectivity index (χ3n) is 4.66. The molecule has 0 unspecified atom stereocenters. The molecule has 1 aliphatic rings. The number of imide groups is 1. The predicted molar refractivity (Wildman–Crippen MR) is 115 cm³/mol. The fourth-order valence-corrected chi connectivity index (χ4v) is 4.02. The zero-order chi connectivity index (χ0) is 21.1. The first kappa shape index (κ1) is 19.7. The van der Waals surface area contributed by atoms with Crippen molar-refractivity contribution in [3.63, 3.8) is 0 Å². The average Bonchev–Trinajstić information content (AvgIpc) is 3.02. The van der Waals surface area contributed by atoms with Crippen LogP contribution in [-0.2, 0) is 0 Å². The Labute approximate surface area is 177 Å². The monoisotopic (exact) mass is 418 g/mol. The molecule has 0 saturated carbocycles. The number of hydrogen-bond acceptors (Lipinski definition) is 5. The number of nitrogens with zero attached hydrogens (tertiary/aromatic N) is 1. The van der Waals surface area contributed by atoms with Crippen LogP contribution >= 0.6 is 11.8 Å². The van der Waals surface area contributed by atoms with Gasteiger partial charge < -0.3 is 10.1 Å². The predicted octanol–water partition coefficient (Wildman–Crippen LogP) is 4.29. The summed E-state index contributed by atoms with van der Waals surface area (Å²) in [7, 11) is 1.55. The Kier molecular flexibility index (Phi) is 5.54. The Bertz CT molecular complexity index is 1110. The quantitative estimate of drug-likeness (QED) is 0.477. The van der Waals surface area contributed by atoms with E-state index in [0.29, 0.717) is 28.1 Å². The van der Waals surface area contributed by atoms with Crippen LogP contribution in [0.1, 0.15) is 31.1 Å². The number of anilines is 1. The summed E-state index contributed by atoms with van der Waals surface area (Å²) in [6.07, 6.45) is 0. The standard InChI is InChI=1S/C23H18N2O4S/c1-29-17-8-4-6-15(12-17)21(26)24-16-7-5-9-18(13-16)30-14-25-22(27)19-10-2-3-11-20(19)23(25)28/h2-13H,14H2,1H3,(H,24,26). The Morgan fingerprint density at radius 2 is 1.63 bits per heavy atom. The average molecular weight is 418 g/mol. The Morgan fingerprint density at radius 3 is 2.33 bits per heavy atom. The summed E-state index contributed by atoms with van der Waals surface area (Å²) in [5, 5.41) is 2.85. The van der Waals surface area contributed by atoms with Gasteiger partial charge in [0.15, 0.2) is 0 Å². The number of benzene rings is 3. The molecule has 150 valence electrons. The molecule has 0 spiro atoms. The van der Waals surface area contributed by atoms with Crippen LogP contribution in [-0.4, -0.2) is 35.6 Å². The van der Waals surface area contributed by atoms with E-state index in [1.165, 1.54) is 16.7 Å². The summed E-state index contributed by atoms with van der Waals surface area (Å²) < 4.78 is 5.15. The first-order chi connectivity index (χ1) is 14.6. The second-order valence-electron chi connectivity index (χ2n) is 6.57. The summed E-state index contributed by atoms with van der Waals surface area (Å²) in [5.41, 5.74) is 1.97. The van der Waals surface area contributed by atoms with E-state index in [-0.39, 0.29) is 23.6 Å². The maximum atomic E-state index is 12.5. The van der Waals surface area contributed by atoms with E-state index in [1.54, 1.807) is 67.8 Å². The van der Waals surface area contributed by atoms with E-state index in [0.717, 1.165) is 4.90 Å². The van der Waals surface area contributed by atoms with Crippen LogP contribution in [0, 0.1) is 0 Å². The molecule has 0 radical (unpaired) electrons. The number of amides is 3. The number of hydrogen-bond donors (Lipinski definition) is 1. The van der Waals surface area contributed by atoms with Crippen LogP contribution in [0.15, 0.2) is 77.7 Å². The molecule has 3 aromatic rings. The molecule has 0 saturated heterocycles. The second-order valence-corrected chi connectivity index (χ2v) is 7.59. The number of carbonyl (C=O) groups is 3. The fraction of sp³-hybridized carbons (Fsp3) is 0.0870. The van der Waals surface area contributed by atoms with Crippen molar-refractivity contribution in [1.82, 2.24) is 4.90 Å². The van der Waals surface area contributed by atoms with Gasteiger partial charge in [-0.25, -0.2) is 0 Å². The molecule has 7 heteroatoms. The van der Waals surface area contributed by atoms with E-state index in [1.807, 2.05) is 12.1 Å². The van der Waals surface area contributed by atoms with E-state index in [9.17, 15) is 14.4 Å². The first-order valence-corrected chi connectivity index (χ1v) is 10.2. The van der Waals surface area contributed by atoms with E-state index >= 15 is 0 Å². The van der Waals surface area contributed by atoms with Crippen LogP contribution in [0.2, 0.25) is 0 Å². The number of thioether (sulfide) groups is 1. The summed E-state index contributed by atoms with van der Waals surface area (Å²) >= 11 is 1.35. The van der Waals surface area contributed by atoms with Crippen molar-refractivity contribution in [2.75, 3.05) is 18.3 Å². The molecule has 0 fully saturated rings. The molecule has 1 aliphatic heterocycles. The minimum Gasteiger partial charge on any atom is -0.497 e. The van der Waals surface area contributed by atoms with Gasteiger partial charge in [-0.15, -0.1) is 11.8 Å². The molecule has 1 heterocycles. The summed E-state index contributed by atoms with van der Waals surface area (Å²) in [6.45, 7) is 0. The lowest BCUT2D eigenvalue weighted by atomic mass is 10.1. The zero-order valence-electron chi connectivity index (χ0n) is 16.1. The first-order valence-electron chi connectivity index (χ1n) is 9.20. The number of carbonyl (C=O) groups excluding carboxylic acids is 3. The van der Waals surface area contributed by atoms with Crippen LogP contribution < -0.4 is 10.1 Å². The highest BCUT2D eigenvalue weighted by atomic mass is 32.2. The third-order valence-corrected chi connectivity index (χ3v) is 5.64. The van der Waals surface area contributed by atoms with Crippen molar-refractivity contribution < 1.29 is 19.1 Å². The maximum Gasteiger partial charge on any atom is 0.262 e. The number of ether oxygens (including phenoxy) is 1. The molecule has 1 N–H and O–H groups in total. The largest absolute Gasteiger partial charge is 0.497 e. The Balaban J connectivity index is 1.42. The molecule has 6 nitrogen and oxygen atoms in total.